The molecule has 0 radical (unpaired) electrons. The van der Waals surface area contributed by atoms with Gasteiger partial charge in [0, 0.05) is 17.3 Å². The Morgan fingerprint density at radius 3 is 1.53 bits per heavy atom. The molecule has 4 heteroatoms. The summed E-state index contributed by atoms with van der Waals surface area (Å²) in [5.41, 5.74) is 4.54. The van der Waals surface area contributed by atoms with E-state index in [1.54, 1.807) is 0 Å². The van der Waals surface area contributed by atoms with Gasteiger partial charge in [0.05, 0.1) is 11.4 Å². The number of imidazole rings is 2. The van der Waals surface area contributed by atoms with Gasteiger partial charge in [-0.05, 0) is 34.1 Å². The highest BCUT2D eigenvalue weighted by Gasteiger charge is 2.22. The summed E-state index contributed by atoms with van der Waals surface area (Å²) in [5, 5.41) is 0. The highest BCUT2D eigenvalue weighted by Crippen LogP contribution is 2.29. The number of hydrogen-bond acceptors (Lipinski definition) is 2. The van der Waals surface area contributed by atoms with Gasteiger partial charge in [-0.1, -0.05) is 6.92 Å². The Morgan fingerprint density at radius 2 is 1.29 bits per heavy atom. The van der Waals surface area contributed by atoms with Crippen LogP contribution in [0.15, 0.2) is 0 Å². The van der Waals surface area contributed by atoms with E-state index in [4.69, 9.17) is 0 Å². The molecular weight excluding hydrogens is 212 g/mol. The van der Waals surface area contributed by atoms with Crippen molar-refractivity contribution in [3.63, 3.8) is 0 Å². The van der Waals surface area contributed by atoms with Crippen LogP contribution in [-0.2, 0) is 0 Å². The van der Waals surface area contributed by atoms with Gasteiger partial charge in [-0.25, -0.2) is 9.97 Å². The number of nitrogens with one attached hydrogen (secondary N) is 2. The standard InChI is InChI=1S/C13H20N4/c1-6-11(12-7(2)14-9(4)16-12)13-8(3)15-10(5)17-13/h11H,6H2,1-5H3,(H,14,16)(H,15,17). The van der Waals surface area contributed by atoms with E-state index in [2.05, 4.69) is 40.7 Å². The van der Waals surface area contributed by atoms with Crippen molar-refractivity contribution in [2.24, 2.45) is 0 Å². The molecule has 0 saturated carbocycles. The Morgan fingerprint density at radius 1 is 0.882 bits per heavy atom. The van der Waals surface area contributed by atoms with Crippen molar-refractivity contribution in [2.75, 3.05) is 0 Å². The van der Waals surface area contributed by atoms with Crippen LogP contribution in [0.25, 0.3) is 0 Å². The third kappa shape index (κ3) is 2.12. The molecule has 0 spiro atoms. The van der Waals surface area contributed by atoms with Crippen LogP contribution in [0.2, 0.25) is 0 Å². The lowest BCUT2D eigenvalue weighted by Gasteiger charge is -2.12. The first-order chi connectivity index (χ1) is 8.02. The van der Waals surface area contributed by atoms with Gasteiger partial charge in [-0.3, -0.25) is 0 Å². The summed E-state index contributed by atoms with van der Waals surface area (Å²) in [7, 11) is 0. The predicted octanol–water partition coefficient (Wildman–Crippen LogP) is 2.91. The molecule has 0 aliphatic rings. The molecule has 0 saturated heterocycles. The predicted molar refractivity (Wildman–Crippen MR) is 68.3 cm³/mol. The second kappa shape index (κ2) is 4.35. The fourth-order valence-corrected chi connectivity index (χ4v) is 2.45. The van der Waals surface area contributed by atoms with Crippen LogP contribution < -0.4 is 0 Å². The molecule has 2 aromatic heterocycles. The minimum absolute atomic E-state index is 0.282. The van der Waals surface area contributed by atoms with Crippen molar-refractivity contribution in [3.05, 3.63) is 34.4 Å². The van der Waals surface area contributed by atoms with Crippen molar-refractivity contribution >= 4 is 0 Å². The number of rotatable bonds is 3. The Balaban J connectivity index is 2.47. The van der Waals surface area contributed by atoms with E-state index in [1.807, 2.05) is 13.8 Å². The van der Waals surface area contributed by atoms with Gasteiger partial charge in [-0.15, -0.1) is 0 Å². The van der Waals surface area contributed by atoms with E-state index in [1.165, 1.54) is 0 Å². The Labute approximate surface area is 102 Å². The van der Waals surface area contributed by atoms with E-state index in [9.17, 15) is 0 Å². The smallest absolute Gasteiger partial charge is 0.103 e. The number of hydrogen-bond donors (Lipinski definition) is 2. The molecule has 0 atom stereocenters. The monoisotopic (exact) mass is 232 g/mol. The molecule has 0 fully saturated rings. The molecule has 0 aromatic carbocycles. The molecule has 0 aliphatic carbocycles. The second-order valence-corrected chi connectivity index (χ2v) is 4.63. The van der Waals surface area contributed by atoms with Gasteiger partial charge < -0.3 is 9.97 Å². The number of H-pyrrole nitrogens is 2. The van der Waals surface area contributed by atoms with Gasteiger partial charge in [0.2, 0.25) is 0 Å². The lowest BCUT2D eigenvalue weighted by Crippen LogP contribution is -2.04. The third-order valence-electron chi connectivity index (χ3n) is 3.15. The van der Waals surface area contributed by atoms with E-state index in [0.717, 1.165) is 40.8 Å². The van der Waals surface area contributed by atoms with Crippen LogP contribution in [0.4, 0.5) is 0 Å². The van der Waals surface area contributed by atoms with Crippen LogP contribution in [0.1, 0.15) is 53.7 Å². The number of aryl methyl sites for hydroxylation is 4. The first-order valence-electron chi connectivity index (χ1n) is 6.09. The molecule has 0 aliphatic heterocycles. The van der Waals surface area contributed by atoms with Crippen molar-refractivity contribution in [1.29, 1.82) is 0 Å². The zero-order valence-electron chi connectivity index (χ0n) is 11.2. The van der Waals surface area contributed by atoms with Gasteiger partial charge in [0.25, 0.3) is 0 Å². The fraction of sp³-hybridized carbons (Fsp3) is 0.538. The molecule has 2 rings (SSSR count). The Bertz CT molecular complexity index is 475. The summed E-state index contributed by atoms with van der Waals surface area (Å²) < 4.78 is 0. The van der Waals surface area contributed by atoms with Crippen molar-refractivity contribution in [1.82, 2.24) is 19.9 Å². The molecule has 4 nitrogen and oxygen atoms in total. The largest absolute Gasteiger partial charge is 0.346 e. The summed E-state index contributed by atoms with van der Waals surface area (Å²) in [5.74, 6) is 2.23. The van der Waals surface area contributed by atoms with Gasteiger partial charge >= 0.3 is 0 Å². The first kappa shape index (κ1) is 11.9. The van der Waals surface area contributed by atoms with Crippen LogP contribution in [0, 0.1) is 27.7 Å². The molecule has 0 amide bonds. The van der Waals surface area contributed by atoms with E-state index >= 15 is 0 Å². The number of nitrogens with zero attached hydrogens (tertiary/aromatic N) is 2. The second-order valence-electron chi connectivity index (χ2n) is 4.63. The van der Waals surface area contributed by atoms with Crippen molar-refractivity contribution in [2.45, 2.75) is 47.0 Å². The quantitative estimate of drug-likeness (QED) is 0.854. The molecule has 92 valence electrons. The van der Waals surface area contributed by atoms with Crippen LogP contribution >= 0.6 is 0 Å². The molecule has 2 aromatic rings. The Kier molecular flexibility index (Phi) is 3.05. The van der Waals surface area contributed by atoms with Crippen LogP contribution in [0.3, 0.4) is 0 Å². The van der Waals surface area contributed by atoms with E-state index in [0.29, 0.717) is 0 Å². The maximum Gasteiger partial charge on any atom is 0.103 e. The van der Waals surface area contributed by atoms with Gasteiger partial charge in [-0.2, -0.15) is 0 Å². The molecular formula is C13H20N4. The fourth-order valence-electron chi connectivity index (χ4n) is 2.45. The van der Waals surface area contributed by atoms with Gasteiger partial charge in [0.15, 0.2) is 0 Å². The lowest BCUT2D eigenvalue weighted by atomic mass is 9.96. The molecule has 17 heavy (non-hydrogen) atoms. The minimum Gasteiger partial charge on any atom is -0.346 e. The number of aromatic amines is 2. The topological polar surface area (TPSA) is 57.4 Å². The summed E-state index contributed by atoms with van der Waals surface area (Å²) in [6, 6.07) is 0. The SMILES string of the molecule is CCC(c1nc(C)[nH]c1C)c1nc(C)[nH]c1C. The third-order valence-corrected chi connectivity index (χ3v) is 3.15. The highest BCUT2D eigenvalue weighted by atomic mass is 15.0. The number of aromatic nitrogens is 4. The molecule has 0 bridgehead atoms. The molecule has 2 heterocycles. The van der Waals surface area contributed by atoms with Crippen molar-refractivity contribution < 1.29 is 0 Å². The lowest BCUT2D eigenvalue weighted by molar-refractivity contribution is 0.721. The van der Waals surface area contributed by atoms with Crippen LogP contribution in [-0.4, -0.2) is 19.9 Å². The molecule has 0 unspecified atom stereocenters. The molecule has 2 N–H and O–H groups in total. The summed E-state index contributed by atoms with van der Waals surface area (Å²) >= 11 is 0. The average Bonchev–Trinajstić information content (AvgIpc) is 2.73. The maximum atomic E-state index is 4.60. The van der Waals surface area contributed by atoms with Gasteiger partial charge in [0.1, 0.15) is 11.6 Å². The van der Waals surface area contributed by atoms with E-state index < -0.39 is 0 Å². The summed E-state index contributed by atoms with van der Waals surface area (Å²) in [4.78, 5) is 15.7. The zero-order chi connectivity index (χ0) is 12.6. The maximum absolute atomic E-state index is 4.60. The normalized spacial score (nSPS) is 11.4. The first-order valence-corrected chi connectivity index (χ1v) is 6.09. The van der Waals surface area contributed by atoms with E-state index in [-0.39, 0.29) is 5.92 Å². The van der Waals surface area contributed by atoms with Crippen LogP contribution in [0.5, 0.6) is 0 Å². The average molecular weight is 232 g/mol. The Hall–Kier alpha value is -1.58. The summed E-state index contributed by atoms with van der Waals surface area (Å²) in [6.07, 6.45) is 1.01. The highest BCUT2D eigenvalue weighted by molar-refractivity contribution is 5.30. The minimum atomic E-state index is 0.282. The zero-order valence-corrected chi connectivity index (χ0v) is 11.2. The summed E-state index contributed by atoms with van der Waals surface area (Å²) in [6.45, 7) is 10.3. The van der Waals surface area contributed by atoms with Crippen molar-refractivity contribution in [3.8, 4) is 0 Å².